The maximum Gasteiger partial charge on any atom is 0.247 e. The summed E-state index contributed by atoms with van der Waals surface area (Å²) in [5, 5.41) is 3.59. The Balaban J connectivity index is 1.70. The van der Waals surface area contributed by atoms with Crippen LogP contribution >= 0.6 is 0 Å². The number of hydrogen-bond acceptors (Lipinski definition) is 3. The third-order valence-corrected chi connectivity index (χ3v) is 7.32. The lowest BCUT2D eigenvalue weighted by molar-refractivity contribution is -0.158. The van der Waals surface area contributed by atoms with E-state index in [1.807, 2.05) is 28.0 Å². The van der Waals surface area contributed by atoms with Crippen LogP contribution in [0.1, 0.15) is 38.7 Å². The molecule has 5 rings (SSSR count). The van der Waals surface area contributed by atoms with Crippen LogP contribution in [0.3, 0.4) is 0 Å². The predicted molar refractivity (Wildman–Crippen MR) is 99.5 cm³/mol. The first-order valence-corrected chi connectivity index (χ1v) is 9.55. The summed E-state index contributed by atoms with van der Waals surface area (Å²) in [7, 11) is 0. The number of piperazine rings is 1. The van der Waals surface area contributed by atoms with Crippen LogP contribution in [-0.4, -0.2) is 46.4 Å². The highest BCUT2D eigenvalue weighted by Gasteiger charge is 2.68. The lowest BCUT2D eigenvalue weighted by Gasteiger charge is -2.44. The number of carbonyl (C=O) groups is 2. The Labute approximate surface area is 154 Å². The zero-order valence-electron chi connectivity index (χ0n) is 15.4. The fourth-order valence-electron chi connectivity index (χ4n) is 5.81. The third kappa shape index (κ3) is 1.62. The van der Waals surface area contributed by atoms with Crippen LogP contribution in [0, 0.1) is 5.41 Å². The molecule has 0 spiro atoms. The van der Waals surface area contributed by atoms with Gasteiger partial charge in [-0.05, 0) is 36.3 Å². The number of fused-ring (bicyclic) bond motifs is 6. The molecule has 0 saturated carbocycles. The largest absolute Gasteiger partial charge is 0.364 e. The summed E-state index contributed by atoms with van der Waals surface area (Å²) in [6.07, 6.45) is 4.14. The summed E-state index contributed by atoms with van der Waals surface area (Å²) in [5.74, 6) is 0.235. The number of allylic oxidation sites excluding steroid dienone is 1. The van der Waals surface area contributed by atoms with Gasteiger partial charge in [-0.25, -0.2) is 0 Å². The number of benzene rings is 1. The molecule has 136 valence electrons. The molecule has 0 unspecified atom stereocenters. The van der Waals surface area contributed by atoms with Gasteiger partial charge in [-0.15, -0.1) is 6.58 Å². The SMILES string of the molecule is C=CC(C)(C)[C@@]12C[C@@H]3C(=O)N4CCC[C@H]4C(=O)N3[C@@H]1Nc1ccccc12. The van der Waals surface area contributed by atoms with Gasteiger partial charge in [-0.2, -0.15) is 0 Å². The number of amides is 2. The average Bonchev–Trinajstić information content (AvgIpc) is 3.31. The zero-order chi connectivity index (χ0) is 18.3. The van der Waals surface area contributed by atoms with Gasteiger partial charge in [0.1, 0.15) is 18.2 Å². The van der Waals surface area contributed by atoms with Crippen molar-refractivity contribution in [3.05, 3.63) is 42.5 Å². The minimum absolute atomic E-state index is 0.110. The molecule has 4 aliphatic heterocycles. The van der Waals surface area contributed by atoms with Crippen LogP contribution in [0.2, 0.25) is 0 Å². The lowest BCUT2D eigenvalue weighted by Crippen LogP contribution is -2.63. The normalized spacial score (nSPS) is 34.9. The summed E-state index contributed by atoms with van der Waals surface area (Å²) in [6.45, 7) is 9.15. The Morgan fingerprint density at radius 2 is 2.00 bits per heavy atom. The maximum absolute atomic E-state index is 13.4. The molecular formula is C21H25N3O2. The monoisotopic (exact) mass is 351 g/mol. The van der Waals surface area contributed by atoms with Crippen LogP contribution in [0.4, 0.5) is 5.69 Å². The fraction of sp³-hybridized carbons (Fsp3) is 0.524. The van der Waals surface area contributed by atoms with E-state index in [1.165, 1.54) is 5.56 Å². The molecule has 4 aliphatic rings. The first kappa shape index (κ1) is 15.9. The van der Waals surface area contributed by atoms with Crippen LogP contribution in [0.25, 0.3) is 0 Å². The molecular weight excluding hydrogens is 326 g/mol. The van der Waals surface area contributed by atoms with Crippen LogP contribution in [0.15, 0.2) is 36.9 Å². The van der Waals surface area contributed by atoms with Crippen molar-refractivity contribution in [3.8, 4) is 0 Å². The van der Waals surface area contributed by atoms with E-state index in [0.29, 0.717) is 13.0 Å². The molecule has 3 saturated heterocycles. The summed E-state index contributed by atoms with van der Waals surface area (Å²) < 4.78 is 0. The number of hydrogen-bond donors (Lipinski definition) is 1. The number of nitrogens with one attached hydrogen (secondary N) is 1. The van der Waals surface area contributed by atoms with E-state index >= 15 is 0 Å². The number of carbonyl (C=O) groups excluding carboxylic acids is 2. The molecule has 1 aromatic carbocycles. The molecule has 2 amide bonds. The third-order valence-electron chi connectivity index (χ3n) is 7.32. The van der Waals surface area contributed by atoms with Crippen molar-refractivity contribution in [2.75, 3.05) is 11.9 Å². The molecule has 3 fully saturated rings. The predicted octanol–water partition coefficient (Wildman–Crippen LogP) is 2.49. The minimum atomic E-state index is -0.373. The summed E-state index contributed by atoms with van der Waals surface area (Å²) in [5.41, 5.74) is 1.66. The van der Waals surface area contributed by atoms with Crippen molar-refractivity contribution < 1.29 is 9.59 Å². The second-order valence-electron chi connectivity index (χ2n) is 8.64. The van der Waals surface area contributed by atoms with E-state index < -0.39 is 0 Å². The Bertz CT molecular complexity index is 832. The zero-order valence-corrected chi connectivity index (χ0v) is 15.4. The van der Waals surface area contributed by atoms with Crippen LogP contribution < -0.4 is 5.32 Å². The average molecular weight is 351 g/mol. The van der Waals surface area contributed by atoms with Gasteiger partial charge in [0, 0.05) is 17.6 Å². The smallest absolute Gasteiger partial charge is 0.247 e. The number of rotatable bonds is 2. The second kappa shape index (κ2) is 4.90. The standard InChI is InChI=1S/C21H25N3O2/c1-4-20(2,3)21-12-16-17(25)23-11-7-10-15(23)18(26)24(16)19(21)22-14-9-6-5-8-13(14)21/h4-6,8-9,15-16,19,22H,1,7,10-12H2,2-3H3/t15-,16+,19-,21+/m0/s1. The van der Waals surface area contributed by atoms with E-state index in [0.717, 1.165) is 18.5 Å². The molecule has 5 heteroatoms. The summed E-state index contributed by atoms with van der Waals surface area (Å²) in [6, 6.07) is 7.63. The van der Waals surface area contributed by atoms with Crippen molar-refractivity contribution in [1.82, 2.24) is 9.80 Å². The molecule has 0 aliphatic carbocycles. The Morgan fingerprint density at radius 1 is 1.23 bits per heavy atom. The molecule has 1 N–H and O–H groups in total. The van der Waals surface area contributed by atoms with Gasteiger partial charge < -0.3 is 15.1 Å². The van der Waals surface area contributed by atoms with E-state index in [-0.39, 0.29) is 40.9 Å². The molecule has 26 heavy (non-hydrogen) atoms. The Morgan fingerprint density at radius 3 is 2.77 bits per heavy atom. The van der Waals surface area contributed by atoms with Gasteiger partial charge in [0.05, 0.1) is 0 Å². The van der Waals surface area contributed by atoms with Gasteiger partial charge in [-0.3, -0.25) is 9.59 Å². The maximum atomic E-state index is 13.4. The number of nitrogens with zero attached hydrogens (tertiary/aromatic N) is 2. The first-order chi connectivity index (χ1) is 12.4. The minimum Gasteiger partial charge on any atom is -0.364 e. The molecule has 0 radical (unpaired) electrons. The summed E-state index contributed by atoms with van der Waals surface area (Å²) >= 11 is 0. The quantitative estimate of drug-likeness (QED) is 0.833. The molecule has 1 aromatic rings. The molecule has 4 atom stereocenters. The van der Waals surface area contributed by atoms with Gasteiger partial charge in [0.25, 0.3) is 0 Å². The van der Waals surface area contributed by atoms with Crippen molar-refractivity contribution in [1.29, 1.82) is 0 Å². The van der Waals surface area contributed by atoms with E-state index in [1.54, 1.807) is 0 Å². The van der Waals surface area contributed by atoms with Gasteiger partial charge in [0.2, 0.25) is 11.8 Å². The van der Waals surface area contributed by atoms with E-state index in [2.05, 4.69) is 37.9 Å². The van der Waals surface area contributed by atoms with Gasteiger partial charge in [-0.1, -0.05) is 38.1 Å². The summed E-state index contributed by atoms with van der Waals surface area (Å²) in [4.78, 5) is 30.3. The van der Waals surface area contributed by atoms with Crippen LogP contribution in [0.5, 0.6) is 0 Å². The van der Waals surface area contributed by atoms with Crippen LogP contribution in [-0.2, 0) is 15.0 Å². The second-order valence-corrected chi connectivity index (χ2v) is 8.64. The van der Waals surface area contributed by atoms with E-state index in [4.69, 9.17) is 0 Å². The van der Waals surface area contributed by atoms with Crippen molar-refractivity contribution in [2.45, 2.75) is 56.8 Å². The number of anilines is 1. The van der Waals surface area contributed by atoms with Gasteiger partial charge in [0.15, 0.2) is 0 Å². The Kier molecular flexibility index (Phi) is 3.00. The highest BCUT2D eigenvalue weighted by Crippen LogP contribution is 2.60. The Hall–Kier alpha value is -2.30. The molecule has 4 heterocycles. The lowest BCUT2D eigenvalue weighted by atomic mass is 9.60. The number of para-hydroxylation sites is 1. The van der Waals surface area contributed by atoms with Crippen molar-refractivity contribution in [3.63, 3.8) is 0 Å². The van der Waals surface area contributed by atoms with Crippen molar-refractivity contribution >= 4 is 17.5 Å². The van der Waals surface area contributed by atoms with Crippen molar-refractivity contribution in [2.24, 2.45) is 5.41 Å². The highest BCUT2D eigenvalue weighted by molar-refractivity contribution is 5.99. The first-order valence-electron chi connectivity index (χ1n) is 9.55. The topological polar surface area (TPSA) is 52.7 Å². The molecule has 5 nitrogen and oxygen atoms in total. The molecule has 0 aromatic heterocycles. The van der Waals surface area contributed by atoms with Gasteiger partial charge >= 0.3 is 0 Å². The molecule has 0 bridgehead atoms. The fourth-order valence-corrected chi connectivity index (χ4v) is 5.81. The van der Waals surface area contributed by atoms with E-state index in [9.17, 15) is 9.59 Å². The highest BCUT2D eigenvalue weighted by atomic mass is 16.2.